The van der Waals surface area contributed by atoms with Gasteiger partial charge in [0.2, 0.25) is 5.91 Å². The van der Waals surface area contributed by atoms with Crippen LogP contribution in [0.4, 0.5) is 0 Å². The minimum atomic E-state index is -0.116. The molecule has 0 saturated carbocycles. The normalized spacial score (nSPS) is 17.5. The van der Waals surface area contributed by atoms with Crippen molar-refractivity contribution in [3.63, 3.8) is 0 Å². The summed E-state index contributed by atoms with van der Waals surface area (Å²) >= 11 is 4.99. The Morgan fingerprint density at radius 1 is 1.15 bits per heavy atom. The predicted octanol–water partition coefficient (Wildman–Crippen LogP) is 6.64. The molecule has 5 nitrogen and oxygen atoms in total. The van der Waals surface area contributed by atoms with E-state index in [2.05, 4.69) is 57.3 Å². The van der Waals surface area contributed by atoms with E-state index in [1.165, 1.54) is 11.8 Å². The first kappa shape index (κ1) is 23.5. The Hall–Kier alpha value is -2.64. The molecule has 1 fully saturated rings. The number of amides is 1. The van der Waals surface area contributed by atoms with Crippen LogP contribution >= 0.6 is 27.7 Å². The van der Waals surface area contributed by atoms with Gasteiger partial charge in [-0.2, -0.15) is 5.10 Å². The van der Waals surface area contributed by atoms with Gasteiger partial charge in [-0.05, 0) is 41.0 Å². The van der Waals surface area contributed by atoms with E-state index in [4.69, 9.17) is 4.74 Å². The maximum atomic E-state index is 13.3. The van der Waals surface area contributed by atoms with Crippen molar-refractivity contribution in [1.82, 2.24) is 4.90 Å². The van der Waals surface area contributed by atoms with E-state index in [0.717, 1.165) is 45.6 Å². The third-order valence-electron chi connectivity index (χ3n) is 5.58. The number of fused-ring (bicyclic) bond motifs is 1. The summed E-state index contributed by atoms with van der Waals surface area (Å²) in [4.78, 5) is 15.1. The second-order valence-corrected chi connectivity index (χ2v) is 9.91. The highest BCUT2D eigenvalue weighted by molar-refractivity contribution is 9.10. The fourth-order valence-electron chi connectivity index (χ4n) is 3.85. The van der Waals surface area contributed by atoms with E-state index < -0.39 is 0 Å². The number of nitrogens with zero attached hydrogens (tertiary/aromatic N) is 3. The monoisotopic (exact) mass is 523 g/mol. The Labute approximate surface area is 207 Å². The molecule has 0 radical (unpaired) electrons. The van der Waals surface area contributed by atoms with E-state index in [1.807, 2.05) is 36.4 Å². The van der Waals surface area contributed by atoms with Crippen LogP contribution in [0.5, 0.6) is 5.75 Å². The molecule has 7 heteroatoms. The van der Waals surface area contributed by atoms with Gasteiger partial charge in [-0.1, -0.05) is 89.9 Å². The van der Waals surface area contributed by atoms with Gasteiger partial charge in [0, 0.05) is 10.0 Å². The molecule has 0 bridgehead atoms. The highest BCUT2D eigenvalue weighted by atomic mass is 79.9. The molecule has 4 rings (SSSR count). The van der Waals surface area contributed by atoms with Crippen LogP contribution in [0.2, 0.25) is 0 Å². The molecule has 33 heavy (non-hydrogen) atoms. The average molecular weight is 524 g/mol. The zero-order chi connectivity index (χ0) is 23.2. The van der Waals surface area contributed by atoms with Crippen LogP contribution in [0.1, 0.15) is 37.3 Å². The quantitative estimate of drug-likeness (QED) is 0.245. The molecule has 1 atom stereocenters. The third-order valence-corrected chi connectivity index (χ3v) is 7.31. The number of halogens is 1. The Balaban J connectivity index is 1.64. The van der Waals surface area contributed by atoms with Crippen molar-refractivity contribution in [3.05, 3.63) is 76.3 Å². The van der Waals surface area contributed by atoms with Gasteiger partial charge in [-0.25, -0.2) is 0 Å². The van der Waals surface area contributed by atoms with Gasteiger partial charge >= 0.3 is 0 Å². The van der Waals surface area contributed by atoms with E-state index in [9.17, 15) is 4.79 Å². The highest BCUT2D eigenvalue weighted by Crippen LogP contribution is 2.33. The summed E-state index contributed by atoms with van der Waals surface area (Å²) in [6.45, 7) is 2.62. The molecule has 1 aliphatic rings. The first-order chi connectivity index (χ1) is 16.1. The van der Waals surface area contributed by atoms with Gasteiger partial charge in [0.15, 0.2) is 5.17 Å². The number of methoxy groups -OCH3 is 1. The summed E-state index contributed by atoms with van der Waals surface area (Å²) in [5.41, 5.74) is 1.91. The lowest BCUT2D eigenvalue weighted by molar-refractivity contribution is -0.126. The molecule has 170 valence electrons. The molecule has 0 unspecified atom stereocenters. The summed E-state index contributed by atoms with van der Waals surface area (Å²) in [6, 6.07) is 20.2. The molecule has 1 amide bonds. The van der Waals surface area contributed by atoms with Crippen LogP contribution < -0.4 is 4.74 Å². The number of benzene rings is 3. The molecule has 1 aliphatic heterocycles. The molecular weight excluding hydrogens is 498 g/mol. The molecule has 0 aliphatic carbocycles. The third kappa shape index (κ3) is 5.47. The minimum Gasteiger partial charge on any atom is -0.496 e. The number of unbranched alkanes of at least 4 members (excludes halogenated alkanes) is 1. The van der Waals surface area contributed by atoms with Gasteiger partial charge < -0.3 is 4.74 Å². The predicted molar refractivity (Wildman–Crippen MR) is 141 cm³/mol. The number of carbonyl (C=O) groups is 1. The smallest absolute Gasteiger partial charge is 0.242 e. The van der Waals surface area contributed by atoms with Crippen molar-refractivity contribution >= 4 is 55.8 Å². The minimum absolute atomic E-state index is 0.107. The zero-order valence-corrected chi connectivity index (χ0v) is 21.1. The fraction of sp³-hybridized carbons (Fsp3) is 0.269. The highest BCUT2D eigenvalue weighted by Gasteiger charge is 2.37. The molecule has 0 N–H and O–H groups in total. The Morgan fingerprint density at radius 3 is 2.79 bits per heavy atom. The summed E-state index contributed by atoms with van der Waals surface area (Å²) in [5, 5.41) is 11.6. The second kappa shape index (κ2) is 11.0. The second-order valence-electron chi connectivity index (χ2n) is 7.82. The van der Waals surface area contributed by atoms with E-state index in [0.29, 0.717) is 17.5 Å². The Bertz CT molecular complexity index is 1210. The molecule has 1 heterocycles. The number of amidine groups is 1. The van der Waals surface area contributed by atoms with Crippen molar-refractivity contribution in [2.45, 2.75) is 38.0 Å². The fourth-order valence-corrected chi connectivity index (χ4v) is 5.37. The van der Waals surface area contributed by atoms with Crippen LogP contribution in [0, 0.1) is 0 Å². The lowest BCUT2D eigenvalue weighted by atomic mass is 10.0. The van der Waals surface area contributed by atoms with E-state index >= 15 is 0 Å². The first-order valence-corrected chi connectivity index (χ1v) is 12.7. The van der Waals surface area contributed by atoms with Crippen LogP contribution in [0.3, 0.4) is 0 Å². The Morgan fingerprint density at radius 2 is 1.97 bits per heavy atom. The van der Waals surface area contributed by atoms with Gasteiger partial charge in [-0.15, -0.1) is 5.10 Å². The molecule has 1 saturated heterocycles. The summed E-state index contributed by atoms with van der Waals surface area (Å²) in [6.07, 6.45) is 4.57. The number of rotatable bonds is 8. The number of thioether (sulfide) groups is 1. The SMILES string of the molecule is CCCC[C@@H]1S/C(=N/N=C\c2cc(Br)ccc2OC)N(Cc2cccc3ccccc23)C1=O. The molecule has 3 aromatic rings. The maximum absolute atomic E-state index is 13.3. The van der Waals surface area contributed by atoms with Crippen LogP contribution in [0.25, 0.3) is 10.8 Å². The van der Waals surface area contributed by atoms with Crippen molar-refractivity contribution in [2.75, 3.05) is 7.11 Å². The molecule has 0 spiro atoms. The van der Waals surface area contributed by atoms with Gasteiger partial charge in [0.25, 0.3) is 0 Å². The van der Waals surface area contributed by atoms with Crippen molar-refractivity contribution in [2.24, 2.45) is 10.2 Å². The number of ether oxygens (including phenoxy) is 1. The lowest BCUT2D eigenvalue weighted by Gasteiger charge is -2.17. The first-order valence-electron chi connectivity index (χ1n) is 11.0. The molecule has 0 aromatic heterocycles. The van der Waals surface area contributed by atoms with Crippen molar-refractivity contribution in [1.29, 1.82) is 0 Å². The Kier molecular flexibility index (Phi) is 7.83. The average Bonchev–Trinajstić information content (AvgIpc) is 3.12. The van der Waals surface area contributed by atoms with Gasteiger partial charge in [0.1, 0.15) is 5.75 Å². The number of hydrogen-bond donors (Lipinski definition) is 0. The zero-order valence-electron chi connectivity index (χ0n) is 18.7. The largest absolute Gasteiger partial charge is 0.496 e. The van der Waals surface area contributed by atoms with Crippen molar-refractivity contribution < 1.29 is 9.53 Å². The molecular formula is C26H26BrN3O2S. The summed E-state index contributed by atoms with van der Waals surface area (Å²) in [7, 11) is 1.63. The lowest BCUT2D eigenvalue weighted by Crippen LogP contribution is -2.31. The standard InChI is InChI=1S/C26H26BrN3O2S/c1-3-4-12-24-25(31)30(17-19-10-7-9-18-8-5-6-11-22(18)19)26(33-24)29-28-16-20-15-21(27)13-14-23(20)32-2/h5-11,13-16,24H,3-4,12,17H2,1-2H3/b28-16-,29-26+/t24-/m0/s1. The maximum Gasteiger partial charge on any atom is 0.242 e. The molecule has 3 aromatic carbocycles. The van der Waals surface area contributed by atoms with Crippen molar-refractivity contribution in [3.8, 4) is 5.75 Å². The van der Waals surface area contributed by atoms with E-state index in [-0.39, 0.29) is 11.2 Å². The van der Waals surface area contributed by atoms with Crippen LogP contribution in [0.15, 0.2) is 75.3 Å². The van der Waals surface area contributed by atoms with Gasteiger partial charge in [-0.3, -0.25) is 9.69 Å². The van der Waals surface area contributed by atoms with Crippen LogP contribution in [-0.2, 0) is 11.3 Å². The topological polar surface area (TPSA) is 54.3 Å². The van der Waals surface area contributed by atoms with Gasteiger partial charge in [0.05, 0.1) is 25.1 Å². The summed E-state index contributed by atoms with van der Waals surface area (Å²) in [5.74, 6) is 0.820. The summed E-state index contributed by atoms with van der Waals surface area (Å²) < 4.78 is 6.34. The van der Waals surface area contributed by atoms with Crippen LogP contribution in [-0.4, -0.2) is 34.5 Å². The number of hydrogen-bond acceptors (Lipinski definition) is 5. The van der Waals surface area contributed by atoms with E-state index in [1.54, 1.807) is 18.2 Å². The number of carbonyl (C=O) groups excluding carboxylic acids is 1.